The predicted molar refractivity (Wildman–Crippen MR) is 52.5 cm³/mol. The van der Waals surface area contributed by atoms with E-state index in [1.807, 2.05) is 5.32 Å². The average molecular weight is 266 g/mol. The van der Waals surface area contributed by atoms with Crippen LogP contribution in [0.2, 0.25) is 5.15 Å². The minimum Gasteiger partial charge on any atom is -0.336 e. The second-order valence-corrected chi connectivity index (χ2v) is 4.16. The molecule has 1 heterocycles. The molecule has 0 unspecified atom stereocenters. The largest absolute Gasteiger partial charge is 0.411 e. The van der Waals surface area contributed by atoms with Crippen LogP contribution in [0, 0.1) is 0 Å². The van der Waals surface area contributed by atoms with E-state index in [0.717, 1.165) is 0 Å². The highest BCUT2D eigenvalue weighted by Gasteiger charge is 2.64. The third-order valence-corrected chi connectivity index (χ3v) is 2.71. The summed E-state index contributed by atoms with van der Waals surface area (Å²) < 4.78 is 37.7. The monoisotopic (exact) mass is 265 g/mol. The van der Waals surface area contributed by atoms with Gasteiger partial charge in [-0.25, -0.2) is 0 Å². The number of hydrogen-bond acceptors (Lipinski definition) is 3. The first kappa shape index (κ1) is 12.1. The third kappa shape index (κ3) is 2.33. The van der Waals surface area contributed by atoms with Gasteiger partial charge in [0.25, 0.3) is 5.91 Å². The smallest absolute Gasteiger partial charge is 0.336 e. The number of amides is 1. The summed E-state index contributed by atoms with van der Waals surface area (Å²) in [6.07, 6.45) is -4.66. The first-order valence-electron chi connectivity index (χ1n) is 4.73. The zero-order chi connectivity index (χ0) is 12.7. The maximum atomic E-state index is 12.6. The number of nitrogens with zero attached hydrogens (tertiary/aromatic N) is 2. The highest BCUT2D eigenvalue weighted by atomic mass is 35.5. The molecule has 92 valence electrons. The van der Waals surface area contributed by atoms with E-state index < -0.39 is 17.6 Å². The second-order valence-electron chi connectivity index (χ2n) is 3.78. The Labute approximate surface area is 99.2 Å². The van der Waals surface area contributed by atoms with E-state index >= 15 is 0 Å². The summed E-state index contributed by atoms with van der Waals surface area (Å²) in [4.78, 5) is 11.5. The van der Waals surface area contributed by atoms with E-state index in [1.54, 1.807) is 0 Å². The molecule has 0 atom stereocenters. The van der Waals surface area contributed by atoms with Crippen LogP contribution in [0.25, 0.3) is 0 Å². The van der Waals surface area contributed by atoms with Crippen molar-refractivity contribution in [2.45, 2.75) is 24.6 Å². The van der Waals surface area contributed by atoms with Crippen molar-refractivity contribution in [3.8, 4) is 0 Å². The van der Waals surface area contributed by atoms with Gasteiger partial charge in [0.2, 0.25) is 0 Å². The minimum atomic E-state index is -4.44. The standard InChI is InChI=1S/C9H7ClF3N3O/c10-6-2-1-5(15-16-6)7(17)14-8(3-4-8)9(11,12)13/h1-2H,3-4H2,(H,14,17). The molecule has 1 aliphatic rings. The fourth-order valence-corrected chi connectivity index (χ4v) is 1.42. The summed E-state index contributed by atoms with van der Waals surface area (Å²) in [7, 11) is 0. The molecule has 0 spiro atoms. The first-order valence-corrected chi connectivity index (χ1v) is 5.10. The van der Waals surface area contributed by atoms with Crippen LogP contribution in [0.15, 0.2) is 12.1 Å². The van der Waals surface area contributed by atoms with Gasteiger partial charge in [-0.3, -0.25) is 4.79 Å². The summed E-state index contributed by atoms with van der Waals surface area (Å²) in [6.45, 7) is 0. The molecule has 4 nitrogen and oxygen atoms in total. The Morgan fingerprint density at radius 2 is 2.00 bits per heavy atom. The van der Waals surface area contributed by atoms with Crippen molar-refractivity contribution in [3.05, 3.63) is 23.0 Å². The topological polar surface area (TPSA) is 54.9 Å². The predicted octanol–water partition coefficient (Wildman–Crippen LogP) is 1.95. The lowest BCUT2D eigenvalue weighted by molar-refractivity contribution is -0.163. The quantitative estimate of drug-likeness (QED) is 0.889. The number of carbonyl (C=O) groups is 1. The van der Waals surface area contributed by atoms with Crippen molar-refractivity contribution in [2.24, 2.45) is 0 Å². The van der Waals surface area contributed by atoms with Crippen LogP contribution in [-0.4, -0.2) is 27.8 Å². The van der Waals surface area contributed by atoms with Gasteiger partial charge in [0.1, 0.15) is 5.54 Å². The van der Waals surface area contributed by atoms with Crippen LogP contribution in [0.1, 0.15) is 23.3 Å². The van der Waals surface area contributed by atoms with Crippen LogP contribution in [0.5, 0.6) is 0 Å². The molecule has 8 heteroatoms. The van der Waals surface area contributed by atoms with Crippen molar-refractivity contribution < 1.29 is 18.0 Å². The van der Waals surface area contributed by atoms with Crippen molar-refractivity contribution >= 4 is 17.5 Å². The molecule has 1 aliphatic carbocycles. The van der Waals surface area contributed by atoms with Gasteiger partial charge < -0.3 is 5.32 Å². The lowest BCUT2D eigenvalue weighted by atomic mass is 10.2. The van der Waals surface area contributed by atoms with Gasteiger partial charge in [-0.1, -0.05) is 11.6 Å². The van der Waals surface area contributed by atoms with E-state index in [9.17, 15) is 18.0 Å². The normalized spacial score (nSPS) is 17.6. The van der Waals surface area contributed by atoms with Gasteiger partial charge in [0.15, 0.2) is 10.8 Å². The molecule has 0 bridgehead atoms. The van der Waals surface area contributed by atoms with Gasteiger partial charge in [-0.15, -0.1) is 10.2 Å². The fraction of sp³-hybridized carbons (Fsp3) is 0.444. The molecule has 0 aliphatic heterocycles. The maximum Gasteiger partial charge on any atom is 0.411 e. The SMILES string of the molecule is O=C(NC1(C(F)(F)F)CC1)c1ccc(Cl)nn1. The van der Waals surface area contributed by atoms with Crippen molar-refractivity contribution in [3.63, 3.8) is 0 Å². The van der Waals surface area contributed by atoms with E-state index in [-0.39, 0.29) is 23.7 Å². The highest BCUT2D eigenvalue weighted by molar-refractivity contribution is 6.29. The van der Waals surface area contributed by atoms with E-state index in [1.165, 1.54) is 12.1 Å². The Bertz CT molecular complexity index is 442. The summed E-state index contributed by atoms with van der Waals surface area (Å²) in [5.74, 6) is -0.899. The molecule has 0 saturated heterocycles. The molecule has 0 aromatic carbocycles. The van der Waals surface area contributed by atoms with Crippen molar-refractivity contribution in [2.75, 3.05) is 0 Å². The Balaban J connectivity index is 2.10. The third-order valence-electron chi connectivity index (χ3n) is 2.51. The molecule has 1 N–H and O–H groups in total. The van der Waals surface area contributed by atoms with E-state index in [2.05, 4.69) is 10.2 Å². The number of carbonyl (C=O) groups excluding carboxylic acids is 1. The first-order chi connectivity index (χ1) is 7.84. The number of halogens is 4. The Morgan fingerprint density at radius 3 is 2.41 bits per heavy atom. The second kappa shape index (κ2) is 3.83. The Morgan fingerprint density at radius 1 is 1.35 bits per heavy atom. The van der Waals surface area contributed by atoms with Crippen molar-refractivity contribution in [1.29, 1.82) is 0 Å². The Kier molecular flexibility index (Phi) is 2.73. The molecule has 17 heavy (non-hydrogen) atoms. The molecule has 0 radical (unpaired) electrons. The number of aromatic nitrogens is 2. The highest BCUT2D eigenvalue weighted by Crippen LogP contribution is 2.48. The van der Waals surface area contributed by atoms with Gasteiger partial charge in [-0.05, 0) is 25.0 Å². The molecule has 1 aromatic heterocycles. The molecule has 2 rings (SSSR count). The van der Waals surface area contributed by atoms with Crippen LogP contribution in [-0.2, 0) is 0 Å². The zero-order valence-electron chi connectivity index (χ0n) is 8.38. The molecule has 1 fully saturated rings. The van der Waals surface area contributed by atoms with Crippen LogP contribution < -0.4 is 5.32 Å². The maximum absolute atomic E-state index is 12.6. The molecule has 1 amide bonds. The number of alkyl halides is 3. The van der Waals surface area contributed by atoms with Crippen molar-refractivity contribution in [1.82, 2.24) is 15.5 Å². The molecular formula is C9H7ClF3N3O. The van der Waals surface area contributed by atoms with E-state index in [4.69, 9.17) is 11.6 Å². The van der Waals surface area contributed by atoms with Crippen LogP contribution in [0.4, 0.5) is 13.2 Å². The number of rotatable bonds is 2. The average Bonchev–Trinajstić information content (AvgIpc) is 2.98. The summed E-state index contributed by atoms with van der Waals surface area (Å²) in [6, 6.07) is 2.51. The van der Waals surface area contributed by atoms with E-state index in [0.29, 0.717) is 0 Å². The Hall–Kier alpha value is -1.37. The van der Waals surface area contributed by atoms with Gasteiger partial charge >= 0.3 is 6.18 Å². The molecule has 1 saturated carbocycles. The van der Waals surface area contributed by atoms with Crippen LogP contribution >= 0.6 is 11.6 Å². The van der Waals surface area contributed by atoms with Crippen LogP contribution in [0.3, 0.4) is 0 Å². The van der Waals surface area contributed by atoms with Gasteiger partial charge in [0.05, 0.1) is 0 Å². The van der Waals surface area contributed by atoms with Gasteiger partial charge in [0, 0.05) is 0 Å². The molecular weight excluding hydrogens is 259 g/mol. The van der Waals surface area contributed by atoms with Gasteiger partial charge in [-0.2, -0.15) is 13.2 Å². The summed E-state index contributed by atoms with van der Waals surface area (Å²) in [5.41, 5.74) is -2.28. The number of hydrogen-bond donors (Lipinski definition) is 1. The fourth-order valence-electron chi connectivity index (χ4n) is 1.32. The summed E-state index contributed by atoms with van der Waals surface area (Å²) in [5, 5.41) is 8.80. The summed E-state index contributed by atoms with van der Waals surface area (Å²) >= 11 is 5.45. The lowest BCUT2D eigenvalue weighted by Crippen LogP contribution is -2.48. The number of nitrogens with one attached hydrogen (secondary N) is 1. The molecule has 1 aromatic rings. The zero-order valence-corrected chi connectivity index (χ0v) is 9.14. The lowest BCUT2D eigenvalue weighted by Gasteiger charge is -2.20. The minimum absolute atomic E-state index is 0.0681.